The summed E-state index contributed by atoms with van der Waals surface area (Å²) < 4.78 is 37.5. The van der Waals surface area contributed by atoms with E-state index in [0.29, 0.717) is 11.5 Å². The van der Waals surface area contributed by atoms with Gasteiger partial charge in [-0.2, -0.15) is 0 Å². The quantitative estimate of drug-likeness (QED) is 0.611. The van der Waals surface area contributed by atoms with Gasteiger partial charge in [-0.1, -0.05) is 41.6 Å². The first kappa shape index (κ1) is 19.8. The number of ether oxygens (including phenoxy) is 1. The maximum Gasteiger partial charge on any atom is 0.338 e. The monoisotopic (exact) mass is 400 g/mol. The van der Waals surface area contributed by atoms with Crippen molar-refractivity contribution < 1.29 is 22.5 Å². The molecule has 0 fully saturated rings. The van der Waals surface area contributed by atoms with Crippen molar-refractivity contribution in [2.45, 2.75) is 31.4 Å². The van der Waals surface area contributed by atoms with E-state index in [1.54, 1.807) is 19.9 Å². The van der Waals surface area contributed by atoms with E-state index in [-0.39, 0.29) is 23.1 Å². The molecular weight excluding hydrogens is 380 g/mol. The number of carbonyl (C=O) groups excluding carboxylic acids is 1. The zero-order valence-corrected chi connectivity index (χ0v) is 16.3. The molecule has 0 bridgehead atoms. The number of rotatable bonds is 7. The molecule has 8 heteroatoms. The molecule has 0 aliphatic carbocycles. The highest BCUT2D eigenvalue weighted by Gasteiger charge is 2.18. The first-order valence-electron chi connectivity index (χ1n) is 8.66. The van der Waals surface area contributed by atoms with Gasteiger partial charge in [-0.15, -0.1) is 0 Å². The van der Waals surface area contributed by atoms with Crippen LogP contribution < -0.4 is 4.72 Å². The Bertz CT molecular complexity index is 1060. The second-order valence-electron chi connectivity index (χ2n) is 6.43. The molecule has 0 atom stereocenters. The predicted octanol–water partition coefficient (Wildman–Crippen LogP) is 3.39. The third kappa shape index (κ3) is 4.85. The lowest BCUT2D eigenvalue weighted by atomic mass is 10.2. The molecular formula is C20H20N2O5S. The van der Waals surface area contributed by atoms with Crippen LogP contribution in [0.3, 0.4) is 0 Å². The van der Waals surface area contributed by atoms with Gasteiger partial charge in [0.1, 0.15) is 12.3 Å². The maximum atomic E-state index is 12.3. The Labute approximate surface area is 163 Å². The molecule has 0 saturated carbocycles. The lowest BCUT2D eigenvalue weighted by Crippen LogP contribution is -2.30. The van der Waals surface area contributed by atoms with Crippen LogP contribution in [0.1, 0.15) is 29.9 Å². The number of nitrogens with one attached hydrogen (secondary N) is 1. The Hall–Kier alpha value is -2.97. The first-order chi connectivity index (χ1) is 13.3. The van der Waals surface area contributed by atoms with Crippen molar-refractivity contribution >= 4 is 16.0 Å². The van der Waals surface area contributed by atoms with E-state index in [9.17, 15) is 13.2 Å². The summed E-state index contributed by atoms with van der Waals surface area (Å²) in [5.41, 5.74) is 1.46. The van der Waals surface area contributed by atoms with Crippen LogP contribution in [0.5, 0.6) is 0 Å². The highest BCUT2D eigenvalue weighted by atomic mass is 32.2. The normalized spacial score (nSPS) is 11.5. The Kier molecular flexibility index (Phi) is 5.91. The van der Waals surface area contributed by atoms with Gasteiger partial charge in [0, 0.05) is 17.7 Å². The minimum atomic E-state index is -3.70. The molecule has 0 saturated heterocycles. The minimum Gasteiger partial charge on any atom is -0.455 e. The number of nitrogens with zero attached hydrogens (tertiary/aromatic N) is 1. The van der Waals surface area contributed by atoms with Crippen molar-refractivity contribution in [1.29, 1.82) is 0 Å². The largest absolute Gasteiger partial charge is 0.455 e. The molecule has 0 unspecified atom stereocenters. The van der Waals surface area contributed by atoms with Gasteiger partial charge < -0.3 is 9.26 Å². The van der Waals surface area contributed by atoms with Gasteiger partial charge in [0.2, 0.25) is 10.0 Å². The van der Waals surface area contributed by atoms with E-state index in [1.807, 2.05) is 30.3 Å². The van der Waals surface area contributed by atoms with Crippen LogP contribution in [0.25, 0.3) is 11.3 Å². The molecule has 28 heavy (non-hydrogen) atoms. The van der Waals surface area contributed by atoms with E-state index in [4.69, 9.17) is 9.26 Å². The van der Waals surface area contributed by atoms with Gasteiger partial charge in [-0.25, -0.2) is 17.9 Å². The molecule has 7 nitrogen and oxygen atoms in total. The van der Waals surface area contributed by atoms with Crippen molar-refractivity contribution in [3.63, 3.8) is 0 Å². The van der Waals surface area contributed by atoms with Gasteiger partial charge in [-0.05, 0) is 32.0 Å². The van der Waals surface area contributed by atoms with E-state index >= 15 is 0 Å². The summed E-state index contributed by atoms with van der Waals surface area (Å²) in [7, 11) is -3.70. The number of carbonyl (C=O) groups is 1. The first-order valence-corrected chi connectivity index (χ1v) is 10.1. The smallest absolute Gasteiger partial charge is 0.338 e. The molecule has 1 N–H and O–H groups in total. The zero-order valence-electron chi connectivity index (χ0n) is 15.5. The van der Waals surface area contributed by atoms with Crippen LogP contribution in [0.15, 0.2) is 70.1 Å². The van der Waals surface area contributed by atoms with Crippen LogP contribution in [0.4, 0.5) is 0 Å². The van der Waals surface area contributed by atoms with E-state index in [1.165, 1.54) is 24.3 Å². The van der Waals surface area contributed by atoms with Gasteiger partial charge in [0.15, 0.2) is 5.76 Å². The molecule has 1 aromatic heterocycles. The van der Waals surface area contributed by atoms with Crippen molar-refractivity contribution in [2.24, 2.45) is 0 Å². The summed E-state index contributed by atoms with van der Waals surface area (Å²) in [4.78, 5) is 12.3. The molecule has 3 rings (SSSR count). The van der Waals surface area contributed by atoms with Crippen molar-refractivity contribution in [3.05, 3.63) is 71.9 Å². The van der Waals surface area contributed by atoms with Crippen LogP contribution in [0, 0.1) is 0 Å². The lowest BCUT2D eigenvalue weighted by Gasteiger charge is -2.10. The Morgan fingerprint density at radius 3 is 2.57 bits per heavy atom. The van der Waals surface area contributed by atoms with Gasteiger partial charge >= 0.3 is 5.97 Å². The summed E-state index contributed by atoms with van der Waals surface area (Å²) >= 11 is 0. The Morgan fingerprint density at radius 1 is 1.11 bits per heavy atom. The van der Waals surface area contributed by atoms with Crippen LogP contribution in [0.2, 0.25) is 0 Å². The number of esters is 1. The zero-order chi connectivity index (χ0) is 20.1. The van der Waals surface area contributed by atoms with E-state index in [2.05, 4.69) is 9.88 Å². The molecule has 0 amide bonds. The summed E-state index contributed by atoms with van der Waals surface area (Å²) in [6, 6.07) is 16.6. The Balaban J connectivity index is 1.67. The van der Waals surface area contributed by atoms with Gasteiger partial charge in [0.25, 0.3) is 0 Å². The van der Waals surface area contributed by atoms with Crippen LogP contribution in [-0.2, 0) is 21.4 Å². The van der Waals surface area contributed by atoms with E-state index < -0.39 is 16.0 Å². The summed E-state index contributed by atoms with van der Waals surface area (Å²) in [6.45, 7) is 3.35. The fraction of sp³-hybridized carbons (Fsp3) is 0.200. The molecule has 0 aliphatic rings. The third-order valence-corrected chi connectivity index (χ3v) is 5.40. The highest BCUT2D eigenvalue weighted by molar-refractivity contribution is 7.89. The Morgan fingerprint density at radius 2 is 1.86 bits per heavy atom. The van der Waals surface area contributed by atoms with Gasteiger partial charge in [0.05, 0.1) is 10.5 Å². The minimum absolute atomic E-state index is 0.00319. The maximum absolute atomic E-state index is 12.3. The number of hydrogen-bond donors (Lipinski definition) is 1. The number of benzene rings is 2. The molecule has 146 valence electrons. The van der Waals surface area contributed by atoms with Crippen molar-refractivity contribution in [3.8, 4) is 11.3 Å². The summed E-state index contributed by atoms with van der Waals surface area (Å²) in [5, 5.41) is 3.89. The molecule has 0 spiro atoms. The predicted molar refractivity (Wildman–Crippen MR) is 103 cm³/mol. The molecule has 2 aromatic carbocycles. The number of sulfonamides is 1. The summed E-state index contributed by atoms with van der Waals surface area (Å²) in [5.74, 6) is -0.0784. The SMILES string of the molecule is CC(C)NS(=O)(=O)c1cccc(C(=O)OCc2cc(-c3ccccc3)on2)c1. The second kappa shape index (κ2) is 8.37. The second-order valence-corrected chi connectivity index (χ2v) is 8.14. The lowest BCUT2D eigenvalue weighted by molar-refractivity contribution is 0.0464. The number of hydrogen-bond acceptors (Lipinski definition) is 6. The average molecular weight is 400 g/mol. The topological polar surface area (TPSA) is 98.5 Å². The van der Waals surface area contributed by atoms with Crippen molar-refractivity contribution in [1.82, 2.24) is 9.88 Å². The van der Waals surface area contributed by atoms with E-state index in [0.717, 1.165) is 5.56 Å². The molecule has 1 heterocycles. The third-order valence-electron chi connectivity index (χ3n) is 3.74. The van der Waals surface area contributed by atoms with Crippen LogP contribution in [-0.4, -0.2) is 25.6 Å². The fourth-order valence-electron chi connectivity index (χ4n) is 2.51. The number of aromatic nitrogens is 1. The highest BCUT2D eigenvalue weighted by Crippen LogP contribution is 2.20. The molecule has 3 aromatic rings. The summed E-state index contributed by atoms with van der Waals surface area (Å²) in [6.07, 6.45) is 0. The van der Waals surface area contributed by atoms with Crippen molar-refractivity contribution in [2.75, 3.05) is 0 Å². The molecule has 0 aliphatic heterocycles. The van der Waals surface area contributed by atoms with Gasteiger partial charge in [-0.3, -0.25) is 0 Å². The van der Waals surface area contributed by atoms with Crippen LogP contribution >= 0.6 is 0 Å². The molecule has 0 radical (unpaired) electrons. The average Bonchev–Trinajstić information content (AvgIpc) is 3.15. The standard InChI is InChI=1S/C20H20N2O5S/c1-14(2)22-28(24,25)18-10-6-9-16(11-18)20(23)26-13-17-12-19(27-21-17)15-7-4-3-5-8-15/h3-12,14,22H,13H2,1-2H3. The fourth-order valence-corrected chi connectivity index (χ4v) is 3.81.